The summed E-state index contributed by atoms with van der Waals surface area (Å²) in [5.41, 5.74) is 1.78. The molecular formula is C19H22N2O3S. The first-order valence-electron chi connectivity index (χ1n) is 8.05. The Balaban J connectivity index is 1.98. The zero-order valence-corrected chi connectivity index (χ0v) is 15.1. The van der Waals surface area contributed by atoms with E-state index in [1.54, 1.807) is 25.1 Å². The Kier molecular flexibility index (Phi) is 6.50. The largest absolute Gasteiger partial charge is 0.346 e. The maximum absolute atomic E-state index is 12.0. The molecule has 0 fully saturated rings. The minimum absolute atomic E-state index is 0.0917. The van der Waals surface area contributed by atoms with Crippen molar-refractivity contribution in [2.75, 3.05) is 6.54 Å². The Morgan fingerprint density at radius 3 is 2.32 bits per heavy atom. The lowest BCUT2D eigenvalue weighted by Crippen LogP contribution is -2.24. The van der Waals surface area contributed by atoms with Gasteiger partial charge in [0.25, 0.3) is 0 Å². The first kappa shape index (κ1) is 18.9. The molecule has 2 aromatic rings. The average Bonchev–Trinajstić information content (AvgIpc) is 2.61. The van der Waals surface area contributed by atoms with E-state index < -0.39 is 10.0 Å². The molecule has 0 aliphatic carbocycles. The highest BCUT2D eigenvalue weighted by Gasteiger charge is 2.11. The normalized spacial score (nSPS) is 12.9. The van der Waals surface area contributed by atoms with E-state index >= 15 is 0 Å². The monoisotopic (exact) mass is 358 g/mol. The molecule has 0 heterocycles. The summed E-state index contributed by atoms with van der Waals surface area (Å²) in [6.07, 6.45) is 3.09. The number of sulfonamides is 1. The molecule has 1 atom stereocenters. The number of carbonyl (C=O) groups excluding carboxylic acids is 1. The molecule has 5 nitrogen and oxygen atoms in total. The molecular weight excluding hydrogens is 336 g/mol. The number of rotatable bonds is 7. The molecule has 0 saturated heterocycles. The van der Waals surface area contributed by atoms with Gasteiger partial charge in [-0.25, -0.2) is 13.1 Å². The van der Waals surface area contributed by atoms with Gasteiger partial charge in [-0.3, -0.25) is 4.79 Å². The van der Waals surface area contributed by atoms with Crippen LogP contribution in [0.3, 0.4) is 0 Å². The highest BCUT2D eigenvalue weighted by Crippen LogP contribution is 2.13. The van der Waals surface area contributed by atoms with Crippen molar-refractivity contribution in [3.8, 4) is 0 Å². The summed E-state index contributed by atoms with van der Waals surface area (Å²) in [6, 6.07) is 16.0. The van der Waals surface area contributed by atoms with Crippen LogP contribution in [0.2, 0.25) is 0 Å². The first-order chi connectivity index (χ1) is 11.9. The lowest BCUT2D eigenvalue weighted by Gasteiger charge is -2.12. The van der Waals surface area contributed by atoms with Crippen LogP contribution in [-0.4, -0.2) is 20.9 Å². The summed E-state index contributed by atoms with van der Waals surface area (Å²) in [5.74, 6) is -0.208. The van der Waals surface area contributed by atoms with Crippen LogP contribution >= 0.6 is 0 Å². The van der Waals surface area contributed by atoms with E-state index in [0.717, 1.165) is 11.1 Å². The SMILES string of the molecule is CCNS(=O)(=O)c1ccc(/C=C/C(=O)NC(C)c2ccccc2)cc1. The molecule has 0 spiro atoms. The van der Waals surface area contributed by atoms with Crippen LogP contribution in [0, 0.1) is 0 Å². The molecule has 0 saturated carbocycles. The summed E-state index contributed by atoms with van der Waals surface area (Å²) >= 11 is 0. The van der Waals surface area contributed by atoms with Crippen molar-refractivity contribution >= 4 is 22.0 Å². The van der Waals surface area contributed by atoms with Gasteiger partial charge < -0.3 is 5.32 Å². The van der Waals surface area contributed by atoms with Gasteiger partial charge in [0, 0.05) is 12.6 Å². The lowest BCUT2D eigenvalue weighted by molar-refractivity contribution is -0.117. The summed E-state index contributed by atoms with van der Waals surface area (Å²) in [4.78, 5) is 12.2. The summed E-state index contributed by atoms with van der Waals surface area (Å²) < 4.78 is 26.2. The maximum atomic E-state index is 12.0. The first-order valence-corrected chi connectivity index (χ1v) is 9.54. The molecule has 2 aromatic carbocycles. The zero-order chi connectivity index (χ0) is 18.3. The zero-order valence-electron chi connectivity index (χ0n) is 14.3. The highest BCUT2D eigenvalue weighted by atomic mass is 32.2. The third-order valence-electron chi connectivity index (χ3n) is 3.61. The molecule has 0 aromatic heterocycles. The molecule has 1 amide bonds. The van der Waals surface area contributed by atoms with Crippen molar-refractivity contribution in [1.29, 1.82) is 0 Å². The van der Waals surface area contributed by atoms with E-state index in [0.29, 0.717) is 6.54 Å². The van der Waals surface area contributed by atoms with Crippen molar-refractivity contribution < 1.29 is 13.2 Å². The summed E-state index contributed by atoms with van der Waals surface area (Å²) in [6.45, 7) is 3.98. The lowest BCUT2D eigenvalue weighted by atomic mass is 10.1. The number of nitrogens with one attached hydrogen (secondary N) is 2. The summed E-state index contributed by atoms with van der Waals surface area (Å²) in [5, 5.41) is 2.89. The van der Waals surface area contributed by atoms with Crippen molar-refractivity contribution in [3.63, 3.8) is 0 Å². The van der Waals surface area contributed by atoms with Crippen LogP contribution in [0.4, 0.5) is 0 Å². The van der Waals surface area contributed by atoms with Gasteiger partial charge in [0.1, 0.15) is 0 Å². The third kappa shape index (κ3) is 5.55. The van der Waals surface area contributed by atoms with Crippen LogP contribution in [0.25, 0.3) is 6.08 Å². The Morgan fingerprint density at radius 1 is 1.08 bits per heavy atom. The predicted molar refractivity (Wildman–Crippen MR) is 99.3 cm³/mol. The van der Waals surface area contributed by atoms with Gasteiger partial charge in [0.2, 0.25) is 15.9 Å². The second-order valence-electron chi connectivity index (χ2n) is 5.54. The highest BCUT2D eigenvalue weighted by molar-refractivity contribution is 7.89. The van der Waals surface area contributed by atoms with E-state index in [9.17, 15) is 13.2 Å². The minimum Gasteiger partial charge on any atom is -0.346 e. The molecule has 25 heavy (non-hydrogen) atoms. The number of benzene rings is 2. The van der Waals surface area contributed by atoms with E-state index in [-0.39, 0.29) is 16.8 Å². The number of hydrogen-bond donors (Lipinski definition) is 2. The fourth-order valence-electron chi connectivity index (χ4n) is 2.29. The van der Waals surface area contributed by atoms with Gasteiger partial charge in [-0.15, -0.1) is 0 Å². The van der Waals surface area contributed by atoms with Crippen LogP contribution in [0.1, 0.15) is 31.0 Å². The van der Waals surface area contributed by atoms with Gasteiger partial charge in [-0.1, -0.05) is 49.4 Å². The molecule has 0 aliphatic heterocycles. The quantitative estimate of drug-likeness (QED) is 0.747. The molecule has 0 aliphatic rings. The molecule has 1 unspecified atom stereocenters. The van der Waals surface area contributed by atoms with Gasteiger partial charge in [-0.2, -0.15) is 0 Å². The Labute approximate surface area is 148 Å². The maximum Gasteiger partial charge on any atom is 0.244 e. The molecule has 0 bridgehead atoms. The van der Waals surface area contributed by atoms with Crippen molar-refractivity contribution in [3.05, 3.63) is 71.8 Å². The smallest absolute Gasteiger partial charge is 0.244 e. The second kappa shape index (κ2) is 8.60. The third-order valence-corrected chi connectivity index (χ3v) is 5.17. The van der Waals surface area contributed by atoms with Gasteiger partial charge in [0.05, 0.1) is 10.9 Å². The number of carbonyl (C=O) groups is 1. The topological polar surface area (TPSA) is 75.3 Å². The molecule has 2 rings (SSSR count). The minimum atomic E-state index is -3.46. The Bertz CT molecular complexity index is 829. The van der Waals surface area contributed by atoms with Crippen LogP contribution in [0.15, 0.2) is 65.6 Å². The van der Waals surface area contributed by atoms with Crippen LogP contribution in [0.5, 0.6) is 0 Å². The van der Waals surface area contributed by atoms with Crippen LogP contribution < -0.4 is 10.0 Å². The van der Waals surface area contributed by atoms with E-state index in [2.05, 4.69) is 10.0 Å². The van der Waals surface area contributed by atoms with Crippen LogP contribution in [-0.2, 0) is 14.8 Å². The van der Waals surface area contributed by atoms with Gasteiger partial charge in [0.15, 0.2) is 0 Å². The van der Waals surface area contributed by atoms with E-state index in [1.165, 1.54) is 18.2 Å². The standard InChI is InChI=1S/C19H22N2O3S/c1-3-20-25(23,24)18-12-9-16(10-13-18)11-14-19(22)21-15(2)17-7-5-4-6-8-17/h4-15,20H,3H2,1-2H3,(H,21,22)/b14-11+. The van der Waals surface area contributed by atoms with Crippen molar-refractivity contribution in [2.45, 2.75) is 24.8 Å². The predicted octanol–water partition coefficient (Wildman–Crippen LogP) is 2.88. The van der Waals surface area contributed by atoms with Crippen molar-refractivity contribution in [1.82, 2.24) is 10.0 Å². The number of amides is 1. The molecule has 2 N–H and O–H groups in total. The van der Waals surface area contributed by atoms with Crippen molar-refractivity contribution in [2.24, 2.45) is 0 Å². The fraction of sp³-hybridized carbons (Fsp3) is 0.211. The van der Waals surface area contributed by atoms with Gasteiger partial charge >= 0.3 is 0 Å². The molecule has 132 valence electrons. The fourth-order valence-corrected chi connectivity index (χ4v) is 3.33. The number of hydrogen-bond acceptors (Lipinski definition) is 3. The molecule has 0 radical (unpaired) electrons. The van der Waals surface area contributed by atoms with E-state index in [1.807, 2.05) is 37.3 Å². The summed E-state index contributed by atoms with van der Waals surface area (Å²) in [7, 11) is -3.46. The van der Waals surface area contributed by atoms with E-state index in [4.69, 9.17) is 0 Å². The van der Waals surface area contributed by atoms with Gasteiger partial charge in [-0.05, 0) is 36.3 Å². The second-order valence-corrected chi connectivity index (χ2v) is 7.31. The average molecular weight is 358 g/mol. The molecule has 6 heteroatoms. The Hall–Kier alpha value is -2.44. The Morgan fingerprint density at radius 2 is 1.72 bits per heavy atom.